The van der Waals surface area contributed by atoms with E-state index in [2.05, 4.69) is 20.6 Å². The maximum atomic E-state index is 13.1. The first kappa shape index (κ1) is 29.5. The SMILES string of the molecule is CC1(C)N=C(N)N=C(N)N1c1cccc(CNC(=O)Nc2cccc(S(=O)(=O)F)c2)c1.CCS(=O)(=O)O. The van der Waals surface area contributed by atoms with Crippen LogP contribution in [0.1, 0.15) is 26.3 Å². The van der Waals surface area contributed by atoms with Gasteiger partial charge in [0.25, 0.3) is 10.1 Å². The van der Waals surface area contributed by atoms with Crippen molar-refractivity contribution in [3.8, 4) is 0 Å². The number of rotatable bonds is 6. The smallest absolute Gasteiger partial charge is 0.332 e. The second-order valence-electron chi connectivity index (χ2n) is 8.08. The predicted molar refractivity (Wildman–Crippen MR) is 139 cm³/mol. The molecule has 0 saturated carbocycles. The molecule has 37 heavy (non-hydrogen) atoms. The quantitative estimate of drug-likeness (QED) is 0.258. The van der Waals surface area contributed by atoms with Crippen LogP contribution < -0.4 is 27.0 Å². The van der Waals surface area contributed by atoms with E-state index in [-0.39, 0.29) is 29.9 Å². The van der Waals surface area contributed by atoms with E-state index < -0.39 is 36.9 Å². The van der Waals surface area contributed by atoms with Gasteiger partial charge < -0.3 is 22.1 Å². The lowest BCUT2D eigenvalue weighted by Gasteiger charge is -2.38. The Balaban J connectivity index is 0.000000717. The van der Waals surface area contributed by atoms with Crippen molar-refractivity contribution in [1.29, 1.82) is 0 Å². The van der Waals surface area contributed by atoms with Gasteiger partial charge in [0.15, 0.2) is 0 Å². The summed E-state index contributed by atoms with van der Waals surface area (Å²) in [6, 6.07) is 11.6. The molecule has 0 aliphatic carbocycles. The van der Waals surface area contributed by atoms with Crippen LogP contribution in [0.25, 0.3) is 0 Å². The minimum atomic E-state index is -4.86. The molecule has 0 aromatic heterocycles. The molecular weight excluding hydrogens is 529 g/mol. The number of aliphatic imine (C=N–C) groups is 2. The number of nitrogens with one attached hydrogen (secondary N) is 2. The van der Waals surface area contributed by atoms with Crippen LogP contribution in [0.2, 0.25) is 0 Å². The van der Waals surface area contributed by atoms with Gasteiger partial charge in [-0.05, 0) is 56.7 Å². The lowest BCUT2D eigenvalue weighted by Crippen LogP contribution is -2.54. The van der Waals surface area contributed by atoms with Crippen molar-refractivity contribution in [3.63, 3.8) is 0 Å². The Bertz CT molecular complexity index is 1430. The van der Waals surface area contributed by atoms with Crippen LogP contribution in [0.4, 0.5) is 20.1 Å². The summed E-state index contributed by atoms with van der Waals surface area (Å²) in [5.74, 6) is 0.0911. The standard InChI is InChI=1S/C19H22FN7O3S.C2H6O3S/c1-19(2)26-16(21)25-17(22)27(19)14-7-3-5-12(9-14)11-23-18(28)24-13-6-4-8-15(10-13)31(20,29)30;1-2-6(3,4)5/h3-10H,11H2,1-2H3,(H2,23,24,28)(H4,21,22,25,26);2H2,1H3,(H,3,4,5). The molecule has 0 saturated heterocycles. The van der Waals surface area contributed by atoms with Gasteiger partial charge in [0.05, 0.1) is 5.75 Å². The van der Waals surface area contributed by atoms with Crippen molar-refractivity contribution in [2.75, 3.05) is 16.0 Å². The van der Waals surface area contributed by atoms with E-state index in [0.717, 1.165) is 17.7 Å². The molecule has 2 aromatic rings. The van der Waals surface area contributed by atoms with E-state index in [0.29, 0.717) is 5.69 Å². The van der Waals surface area contributed by atoms with Gasteiger partial charge in [-0.3, -0.25) is 9.45 Å². The highest BCUT2D eigenvalue weighted by molar-refractivity contribution is 7.86. The van der Waals surface area contributed by atoms with Crippen LogP contribution >= 0.6 is 0 Å². The minimum absolute atomic E-state index is 0.0953. The fourth-order valence-corrected chi connectivity index (χ4v) is 3.65. The third kappa shape index (κ3) is 9.00. The lowest BCUT2D eigenvalue weighted by molar-refractivity contribution is 0.251. The number of benzene rings is 2. The predicted octanol–water partition coefficient (Wildman–Crippen LogP) is 1.75. The van der Waals surface area contributed by atoms with Gasteiger partial charge in [-0.25, -0.2) is 9.79 Å². The van der Waals surface area contributed by atoms with Crippen LogP contribution in [-0.2, 0) is 26.9 Å². The summed E-state index contributed by atoms with van der Waals surface area (Å²) >= 11 is 0. The summed E-state index contributed by atoms with van der Waals surface area (Å²) in [6.45, 7) is 5.21. The van der Waals surface area contributed by atoms with E-state index in [9.17, 15) is 25.5 Å². The number of carbonyl (C=O) groups excluding carboxylic acids is 1. The largest absolute Gasteiger partial charge is 0.369 e. The Morgan fingerprint density at radius 3 is 2.30 bits per heavy atom. The molecule has 2 aromatic carbocycles. The van der Waals surface area contributed by atoms with Crippen molar-refractivity contribution in [1.82, 2.24) is 5.32 Å². The van der Waals surface area contributed by atoms with Gasteiger partial charge in [0.1, 0.15) is 10.6 Å². The van der Waals surface area contributed by atoms with E-state index in [1.807, 2.05) is 32.0 Å². The molecule has 3 rings (SSSR count). The molecule has 7 N–H and O–H groups in total. The number of carbonyl (C=O) groups is 1. The number of nitrogens with two attached hydrogens (primary N) is 2. The fraction of sp³-hybridized carbons (Fsp3) is 0.286. The van der Waals surface area contributed by atoms with E-state index in [4.69, 9.17) is 16.0 Å². The van der Waals surface area contributed by atoms with E-state index >= 15 is 0 Å². The third-order valence-corrected chi connectivity index (χ3v) is 6.30. The Kier molecular flexibility index (Phi) is 9.18. The van der Waals surface area contributed by atoms with Gasteiger partial charge in [-0.1, -0.05) is 18.2 Å². The number of guanidine groups is 2. The first-order valence-corrected chi connectivity index (χ1v) is 13.6. The Hall–Kier alpha value is -3.76. The monoisotopic (exact) mass is 557 g/mol. The maximum absolute atomic E-state index is 13.1. The van der Waals surface area contributed by atoms with E-state index in [1.54, 1.807) is 11.0 Å². The average Bonchev–Trinajstić information content (AvgIpc) is 2.76. The van der Waals surface area contributed by atoms with Gasteiger partial charge in [0.2, 0.25) is 11.9 Å². The number of urea groups is 1. The molecule has 1 aliphatic heterocycles. The Morgan fingerprint density at radius 2 is 1.73 bits per heavy atom. The molecule has 16 heteroatoms. The highest BCUT2D eigenvalue weighted by Gasteiger charge is 2.33. The summed E-state index contributed by atoms with van der Waals surface area (Å²) in [5, 5.41) is 5.12. The van der Waals surface area contributed by atoms with E-state index in [1.165, 1.54) is 19.1 Å². The highest BCUT2D eigenvalue weighted by Crippen LogP contribution is 2.28. The molecule has 0 spiro atoms. The number of anilines is 2. The zero-order valence-corrected chi connectivity index (χ0v) is 21.8. The maximum Gasteiger partial charge on any atom is 0.332 e. The van der Waals surface area contributed by atoms with Crippen molar-refractivity contribution in [2.24, 2.45) is 21.5 Å². The molecule has 0 atom stereocenters. The topological polar surface area (TPSA) is 210 Å². The van der Waals surface area contributed by atoms with Gasteiger partial charge in [0, 0.05) is 17.9 Å². The molecule has 0 fully saturated rings. The first-order chi connectivity index (χ1) is 17.0. The molecule has 1 aliphatic rings. The zero-order valence-electron chi connectivity index (χ0n) is 20.2. The molecule has 2 amide bonds. The van der Waals surface area contributed by atoms with Crippen molar-refractivity contribution in [3.05, 3.63) is 54.1 Å². The van der Waals surface area contributed by atoms with Gasteiger partial charge in [-0.15, -0.1) is 3.89 Å². The Morgan fingerprint density at radius 1 is 1.11 bits per heavy atom. The number of hydrogen-bond donors (Lipinski definition) is 5. The van der Waals surface area contributed by atoms with Crippen molar-refractivity contribution >= 4 is 49.7 Å². The number of hydrogen-bond acceptors (Lipinski definition) is 10. The molecule has 13 nitrogen and oxygen atoms in total. The molecule has 0 unspecified atom stereocenters. The second kappa shape index (κ2) is 11.5. The normalized spacial score (nSPS) is 15.0. The first-order valence-electron chi connectivity index (χ1n) is 10.7. The van der Waals surface area contributed by atoms with Crippen LogP contribution in [0.3, 0.4) is 0 Å². The lowest BCUT2D eigenvalue weighted by atomic mass is 10.1. The van der Waals surface area contributed by atoms with Crippen LogP contribution in [-0.4, -0.2) is 50.8 Å². The van der Waals surface area contributed by atoms with Crippen molar-refractivity contribution in [2.45, 2.75) is 37.9 Å². The summed E-state index contributed by atoms with van der Waals surface area (Å²) in [6.07, 6.45) is 0. The number of halogens is 1. The molecule has 0 bridgehead atoms. The molecule has 1 heterocycles. The van der Waals surface area contributed by atoms with Crippen LogP contribution in [0.15, 0.2) is 63.4 Å². The fourth-order valence-electron chi connectivity index (χ4n) is 3.14. The van der Waals surface area contributed by atoms with Crippen molar-refractivity contribution < 1.29 is 30.1 Å². The van der Waals surface area contributed by atoms with Crippen LogP contribution in [0, 0.1) is 0 Å². The average molecular weight is 558 g/mol. The molecule has 202 valence electrons. The van der Waals surface area contributed by atoms with Gasteiger partial charge >= 0.3 is 16.3 Å². The van der Waals surface area contributed by atoms with Crippen LogP contribution in [0.5, 0.6) is 0 Å². The Labute approximate surface area is 214 Å². The molecular formula is C21H28FN7O6S2. The number of nitrogens with zero attached hydrogens (tertiary/aromatic N) is 3. The second-order valence-corrected chi connectivity index (χ2v) is 11.2. The molecule has 0 radical (unpaired) electrons. The third-order valence-electron chi connectivity index (χ3n) is 4.75. The number of amides is 2. The summed E-state index contributed by atoms with van der Waals surface area (Å²) in [5.41, 5.74) is 12.6. The van der Waals surface area contributed by atoms with Gasteiger partial charge in [-0.2, -0.15) is 21.8 Å². The zero-order chi connectivity index (χ0) is 28.0. The minimum Gasteiger partial charge on any atom is -0.369 e. The summed E-state index contributed by atoms with van der Waals surface area (Å²) < 4.78 is 62.0. The highest BCUT2D eigenvalue weighted by atomic mass is 32.3. The summed E-state index contributed by atoms with van der Waals surface area (Å²) in [4.78, 5) is 21.7. The summed E-state index contributed by atoms with van der Waals surface area (Å²) in [7, 11) is -8.52.